The Bertz CT molecular complexity index is 1120. The van der Waals surface area contributed by atoms with Gasteiger partial charge in [-0.25, -0.2) is 8.78 Å². The molecule has 0 fully saturated rings. The van der Waals surface area contributed by atoms with E-state index in [9.17, 15) is 9.18 Å². The third-order valence-electron chi connectivity index (χ3n) is 5.00. The first-order valence-corrected chi connectivity index (χ1v) is 9.71. The Morgan fingerprint density at radius 2 is 1.69 bits per heavy atom. The molecule has 0 bridgehead atoms. The number of amides is 1. The molecule has 0 aliphatic heterocycles. The summed E-state index contributed by atoms with van der Waals surface area (Å²) in [5.41, 5.74) is 6.88. The number of carbonyl (C=O) groups is 1. The van der Waals surface area contributed by atoms with Crippen molar-refractivity contribution in [3.63, 3.8) is 0 Å². The number of nitrogen functional groups attached to an aromatic ring is 1. The standard InChI is InChI=1S/C24H23F2N3O3/c1-31-17-9-7-15(8-10-17)18-11-12-19(25)20(21(18)26)22(32-2)24(30)29-13-14-3-5-16(6-4-14)23(27)28/h3-12,22H,13H2,1-2H3,(H3,27,28)(H,29,30)/t22-/m0/s1. The van der Waals surface area contributed by atoms with Crippen molar-refractivity contribution in [1.29, 1.82) is 5.41 Å². The van der Waals surface area contributed by atoms with Crippen LogP contribution in [0.15, 0.2) is 60.7 Å². The number of ether oxygens (including phenoxy) is 2. The lowest BCUT2D eigenvalue weighted by Crippen LogP contribution is -2.31. The molecular formula is C24H23F2N3O3. The summed E-state index contributed by atoms with van der Waals surface area (Å²) in [6.45, 7) is 0.109. The molecule has 3 aromatic rings. The molecule has 4 N–H and O–H groups in total. The predicted octanol–water partition coefficient (Wildman–Crippen LogP) is 3.93. The molecule has 6 nitrogen and oxygen atoms in total. The summed E-state index contributed by atoms with van der Waals surface area (Å²) >= 11 is 0. The van der Waals surface area contributed by atoms with Crippen LogP contribution in [0.4, 0.5) is 8.78 Å². The minimum Gasteiger partial charge on any atom is -0.497 e. The maximum absolute atomic E-state index is 15.3. The van der Waals surface area contributed by atoms with Gasteiger partial charge in [-0.3, -0.25) is 10.2 Å². The average molecular weight is 439 g/mol. The molecule has 1 atom stereocenters. The normalized spacial score (nSPS) is 11.6. The van der Waals surface area contributed by atoms with Crippen LogP contribution in [0.5, 0.6) is 5.75 Å². The Morgan fingerprint density at radius 1 is 1.03 bits per heavy atom. The molecule has 166 valence electrons. The highest BCUT2D eigenvalue weighted by atomic mass is 19.1. The lowest BCUT2D eigenvalue weighted by atomic mass is 9.98. The third kappa shape index (κ3) is 4.92. The van der Waals surface area contributed by atoms with E-state index in [2.05, 4.69) is 5.32 Å². The minimum atomic E-state index is -1.48. The number of methoxy groups -OCH3 is 2. The van der Waals surface area contributed by atoms with Crippen LogP contribution in [0.25, 0.3) is 11.1 Å². The quantitative estimate of drug-likeness (QED) is 0.366. The van der Waals surface area contributed by atoms with Gasteiger partial charge in [-0.2, -0.15) is 0 Å². The fourth-order valence-corrected chi connectivity index (χ4v) is 3.24. The molecule has 8 heteroatoms. The molecule has 1 amide bonds. The number of nitrogens with one attached hydrogen (secondary N) is 2. The van der Waals surface area contributed by atoms with Crippen LogP contribution < -0.4 is 15.8 Å². The first-order valence-electron chi connectivity index (χ1n) is 9.71. The van der Waals surface area contributed by atoms with E-state index in [1.807, 2.05) is 0 Å². The van der Waals surface area contributed by atoms with Crippen LogP contribution in [-0.2, 0) is 16.1 Å². The largest absolute Gasteiger partial charge is 0.497 e. The highest BCUT2D eigenvalue weighted by molar-refractivity contribution is 5.94. The van der Waals surface area contributed by atoms with Crippen LogP contribution in [0.2, 0.25) is 0 Å². The maximum Gasteiger partial charge on any atom is 0.254 e. The smallest absolute Gasteiger partial charge is 0.254 e. The summed E-state index contributed by atoms with van der Waals surface area (Å²) in [7, 11) is 2.73. The van der Waals surface area contributed by atoms with Crippen LogP contribution in [0.1, 0.15) is 22.8 Å². The van der Waals surface area contributed by atoms with Gasteiger partial charge in [0.1, 0.15) is 23.2 Å². The number of hydrogen-bond acceptors (Lipinski definition) is 4. The van der Waals surface area contributed by atoms with E-state index < -0.39 is 29.2 Å². The zero-order valence-electron chi connectivity index (χ0n) is 17.6. The second kappa shape index (κ2) is 10.0. The van der Waals surface area contributed by atoms with Gasteiger partial charge in [0.15, 0.2) is 6.10 Å². The van der Waals surface area contributed by atoms with E-state index in [0.29, 0.717) is 16.9 Å². The van der Waals surface area contributed by atoms with Gasteiger partial charge in [0.25, 0.3) is 5.91 Å². The molecule has 0 aromatic heterocycles. The van der Waals surface area contributed by atoms with Gasteiger partial charge >= 0.3 is 0 Å². The fraction of sp³-hybridized carbons (Fsp3) is 0.167. The number of halogens is 2. The summed E-state index contributed by atoms with van der Waals surface area (Å²) in [5, 5.41) is 10.0. The monoisotopic (exact) mass is 439 g/mol. The maximum atomic E-state index is 15.3. The Kier molecular flexibility index (Phi) is 7.17. The molecule has 0 spiro atoms. The SMILES string of the molecule is COc1ccc(-c2ccc(F)c([C@H](OC)C(=O)NCc3ccc(C(=N)N)cc3)c2F)cc1. The number of nitrogens with two attached hydrogens (primary N) is 1. The van der Waals surface area contributed by atoms with Crippen LogP contribution in [0, 0.1) is 17.0 Å². The second-order valence-corrected chi connectivity index (χ2v) is 7.00. The fourth-order valence-electron chi connectivity index (χ4n) is 3.24. The molecule has 0 saturated heterocycles. The van der Waals surface area contributed by atoms with Crippen molar-refractivity contribution >= 4 is 11.7 Å². The Balaban J connectivity index is 1.83. The van der Waals surface area contributed by atoms with Gasteiger partial charge in [0, 0.05) is 24.8 Å². The molecule has 3 aromatic carbocycles. The van der Waals surface area contributed by atoms with Gasteiger partial charge < -0.3 is 20.5 Å². The first-order chi connectivity index (χ1) is 15.3. The van der Waals surface area contributed by atoms with E-state index in [1.54, 1.807) is 48.5 Å². The van der Waals surface area contributed by atoms with Gasteiger partial charge in [0.05, 0.1) is 12.7 Å². The topological polar surface area (TPSA) is 97.4 Å². The molecule has 0 radical (unpaired) electrons. The van der Waals surface area contributed by atoms with Crippen molar-refractivity contribution in [3.8, 4) is 16.9 Å². The molecule has 0 aliphatic rings. The summed E-state index contributed by atoms with van der Waals surface area (Å²) in [6.07, 6.45) is -1.48. The van der Waals surface area contributed by atoms with Gasteiger partial charge in [-0.05, 0) is 35.4 Å². The number of hydrogen-bond donors (Lipinski definition) is 3. The van der Waals surface area contributed by atoms with Gasteiger partial charge in [0.2, 0.25) is 0 Å². The van der Waals surface area contributed by atoms with E-state index in [-0.39, 0.29) is 17.9 Å². The molecular weight excluding hydrogens is 416 g/mol. The Hall–Kier alpha value is -3.78. The van der Waals surface area contributed by atoms with Crippen molar-refractivity contribution in [2.75, 3.05) is 14.2 Å². The zero-order valence-corrected chi connectivity index (χ0v) is 17.6. The van der Waals surface area contributed by atoms with Crippen molar-refractivity contribution < 1.29 is 23.0 Å². The summed E-state index contributed by atoms with van der Waals surface area (Å²) in [5.74, 6) is -1.91. The van der Waals surface area contributed by atoms with E-state index >= 15 is 4.39 Å². The molecule has 3 rings (SSSR count). The summed E-state index contributed by atoms with van der Waals surface area (Å²) < 4.78 is 40.2. The molecule has 0 saturated carbocycles. The first kappa shape index (κ1) is 22.9. The Labute approximate surface area is 184 Å². The van der Waals surface area contributed by atoms with Crippen molar-refractivity contribution in [2.24, 2.45) is 5.73 Å². The summed E-state index contributed by atoms with van der Waals surface area (Å²) in [4.78, 5) is 12.7. The lowest BCUT2D eigenvalue weighted by Gasteiger charge is -2.19. The highest BCUT2D eigenvalue weighted by Gasteiger charge is 2.28. The highest BCUT2D eigenvalue weighted by Crippen LogP contribution is 2.32. The number of rotatable bonds is 8. The van der Waals surface area contributed by atoms with E-state index in [0.717, 1.165) is 11.6 Å². The Morgan fingerprint density at radius 3 is 2.25 bits per heavy atom. The predicted molar refractivity (Wildman–Crippen MR) is 117 cm³/mol. The van der Waals surface area contributed by atoms with Crippen molar-refractivity contribution in [1.82, 2.24) is 5.32 Å². The van der Waals surface area contributed by atoms with Gasteiger partial charge in [-0.1, -0.05) is 36.4 Å². The van der Waals surface area contributed by atoms with Crippen molar-refractivity contribution in [2.45, 2.75) is 12.6 Å². The van der Waals surface area contributed by atoms with Crippen LogP contribution in [0.3, 0.4) is 0 Å². The van der Waals surface area contributed by atoms with Gasteiger partial charge in [-0.15, -0.1) is 0 Å². The molecule has 0 unspecified atom stereocenters. The molecule has 32 heavy (non-hydrogen) atoms. The zero-order chi connectivity index (χ0) is 23.3. The second-order valence-electron chi connectivity index (χ2n) is 7.00. The minimum absolute atomic E-state index is 0.0669. The van der Waals surface area contributed by atoms with Crippen LogP contribution >= 0.6 is 0 Å². The molecule has 0 aliphatic carbocycles. The van der Waals surface area contributed by atoms with E-state index in [4.69, 9.17) is 20.6 Å². The number of carbonyl (C=O) groups excluding carboxylic acids is 1. The van der Waals surface area contributed by atoms with E-state index in [1.165, 1.54) is 20.3 Å². The average Bonchev–Trinajstić information content (AvgIpc) is 2.80. The third-order valence-corrected chi connectivity index (χ3v) is 5.00. The van der Waals surface area contributed by atoms with Crippen molar-refractivity contribution in [3.05, 3.63) is 89.0 Å². The summed E-state index contributed by atoms with van der Waals surface area (Å²) in [6, 6.07) is 15.7. The number of benzene rings is 3. The lowest BCUT2D eigenvalue weighted by molar-refractivity contribution is -0.131. The molecule has 0 heterocycles. The number of amidine groups is 1. The van der Waals surface area contributed by atoms with Crippen LogP contribution in [-0.4, -0.2) is 26.0 Å².